The first kappa shape index (κ1) is 14.6. The molecule has 1 aromatic rings. The molecular weight excluding hydrogens is 280 g/mol. The summed E-state index contributed by atoms with van der Waals surface area (Å²) in [4.78, 5) is 31.7. The zero-order chi connectivity index (χ0) is 15.5. The Hall–Kier alpha value is -2.37. The summed E-state index contributed by atoms with van der Waals surface area (Å²) in [5, 5.41) is 0. The molecule has 1 aromatic heterocycles. The molecule has 0 spiro atoms. The molecule has 0 atom stereocenters. The molecule has 6 nitrogen and oxygen atoms in total. The van der Waals surface area contributed by atoms with E-state index in [-0.39, 0.29) is 5.91 Å². The number of fused-ring (bicyclic) bond motifs is 1. The van der Waals surface area contributed by atoms with Crippen molar-refractivity contribution in [1.82, 2.24) is 9.88 Å². The Morgan fingerprint density at radius 1 is 1.27 bits per heavy atom. The van der Waals surface area contributed by atoms with E-state index in [0.29, 0.717) is 31.6 Å². The van der Waals surface area contributed by atoms with Gasteiger partial charge in [0, 0.05) is 44.4 Å². The van der Waals surface area contributed by atoms with E-state index in [1.165, 1.54) is 0 Å². The normalized spacial score (nSPS) is 18.0. The summed E-state index contributed by atoms with van der Waals surface area (Å²) in [5.41, 5.74) is 7.71. The van der Waals surface area contributed by atoms with Crippen LogP contribution in [0.2, 0.25) is 0 Å². The van der Waals surface area contributed by atoms with E-state index in [0.717, 1.165) is 30.8 Å². The minimum absolute atomic E-state index is 0.223. The lowest BCUT2D eigenvalue weighted by Crippen LogP contribution is -2.43. The molecule has 2 aliphatic heterocycles. The van der Waals surface area contributed by atoms with Gasteiger partial charge in [0.05, 0.1) is 11.4 Å². The number of hydrogen-bond acceptors (Lipinski definition) is 4. The van der Waals surface area contributed by atoms with Gasteiger partial charge in [0.1, 0.15) is 0 Å². The van der Waals surface area contributed by atoms with Crippen LogP contribution in [0.25, 0.3) is 6.08 Å². The average Bonchev–Trinajstić information content (AvgIpc) is 2.53. The minimum Gasteiger partial charge on any atom is -0.366 e. The highest BCUT2D eigenvalue weighted by molar-refractivity contribution is 5.99. The third-order valence-electron chi connectivity index (χ3n) is 4.21. The van der Waals surface area contributed by atoms with Crippen molar-refractivity contribution in [3.05, 3.63) is 29.6 Å². The standard InChI is InChI=1S/C16H20N4O2/c17-16(22)12-10-13-14(4-3-6-18-13)20(11-12)9-8-19-7-2-1-5-15(19)21/h3-4,6,10H,1-2,5,7-9,11H2,(H2,17,22). The highest BCUT2D eigenvalue weighted by Gasteiger charge is 2.23. The van der Waals surface area contributed by atoms with Crippen LogP contribution in [-0.2, 0) is 9.59 Å². The second kappa shape index (κ2) is 6.17. The van der Waals surface area contributed by atoms with Gasteiger partial charge in [-0.2, -0.15) is 0 Å². The molecule has 0 bridgehead atoms. The number of aromatic nitrogens is 1. The Bertz CT molecular complexity index is 626. The summed E-state index contributed by atoms with van der Waals surface area (Å²) in [7, 11) is 0. The molecule has 0 saturated carbocycles. The Morgan fingerprint density at radius 2 is 2.09 bits per heavy atom. The Labute approximate surface area is 129 Å². The van der Waals surface area contributed by atoms with Crippen molar-refractivity contribution in [2.45, 2.75) is 19.3 Å². The third-order valence-corrected chi connectivity index (χ3v) is 4.21. The molecule has 0 radical (unpaired) electrons. The van der Waals surface area contributed by atoms with Crippen LogP contribution in [0.5, 0.6) is 0 Å². The lowest BCUT2D eigenvalue weighted by Gasteiger charge is -2.33. The molecule has 0 unspecified atom stereocenters. The molecule has 1 saturated heterocycles. The van der Waals surface area contributed by atoms with Gasteiger partial charge < -0.3 is 15.5 Å². The zero-order valence-corrected chi connectivity index (χ0v) is 12.5. The predicted octanol–water partition coefficient (Wildman–Crippen LogP) is 0.783. The SMILES string of the molecule is NC(=O)C1=Cc2ncccc2N(CCN2CCCCC2=O)C1. The number of anilines is 1. The molecule has 0 aromatic carbocycles. The molecule has 6 heteroatoms. The van der Waals surface area contributed by atoms with Crippen molar-refractivity contribution in [3.8, 4) is 0 Å². The summed E-state index contributed by atoms with van der Waals surface area (Å²) < 4.78 is 0. The van der Waals surface area contributed by atoms with E-state index in [4.69, 9.17) is 5.73 Å². The topological polar surface area (TPSA) is 79.5 Å². The molecule has 1 fully saturated rings. The average molecular weight is 300 g/mol. The number of amides is 2. The van der Waals surface area contributed by atoms with E-state index in [1.807, 2.05) is 17.0 Å². The van der Waals surface area contributed by atoms with Gasteiger partial charge in [0.15, 0.2) is 0 Å². The second-order valence-corrected chi connectivity index (χ2v) is 5.70. The first-order chi connectivity index (χ1) is 10.6. The summed E-state index contributed by atoms with van der Waals surface area (Å²) >= 11 is 0. The van der Waals surface area contributed by atoms with E-state index in [9.17, 15) is 9.59 Å². The number of nitrogens with zero attached hydrogens (tertiary/aromatic N) is 3. The molecule has 2 aliphatic rings. The molecule has 3 heterocycles. The minimum atomic E-state index is -0.421. The number of carbonyl (C=O) groups is 2. The number of nitrogens with two attached hydrogens (primary N) is 1. The van der Waals surface area contributed by atoms with Crippen LogP contribution >= 0.6 is 0 Å². The van der Waals surface area contributed by atoms with Crippen molar-refractivity contribution in [2.24, 2.45) is 5.73 Å². The fourth-order valence-corrected chi connectivity index (χ4v) is 2.98. The van der Waals surface area contributed by atoms with Crippen LogP contribution in [0.4, 0.5) is 5.69 Å². The number of piperidine rings is 1. The van der Waals surface area contributed by atoms with Crippen molar-refractivity contribution >= 4 is 23.6 Å². The van der Waals surface area contributed by atoms with Gasteiger partial charge in [-0.15, -0.1) is 0 Å². The fraction of sp³-hybridized carbons (Fsp3) is 0.438. The van der Waals surface area contributed by atoms with Crippen molar-refractivity contribution in [3.63, 3.8) is 0 Å². The van der Waals surface area contributed by atoms with E-state index < -0.39 is 5.91 Å². The van der Waals surface area contributed by atoms with Gasteiger partial charge in [-0.3, -0.25) is 14.6 Å². The fourth-order valence-electron chi connectivity index (χ4n) is 2.98. The number of primary amides is 1. The predicted molar refractivity (Wildman–Crippen MR) is 84.1 cm³/mol. The Morgan fingerprint density at radius 3 is 2.86 bits per heavy atom. The molecule has 3 rings (SSSR count). The van der Waals surface area contributed by atoms with E-state index >= 15 is 0 Å². The van der Waals surface area contributed by atoms with Crippen LogP contribution < -0.4 is 10.6 Å². The van der Waals surface area contributed by atoms with Crippen LogP contribution in [0, 0.1) is 0 Å². The van der Waals surface area contributed by atoms with Crippen molar-refractivity contribution in [1.29, 1.82) is 0 Å². The second-order valence-electron chi connectivity index (χ2n) is 5.70. The number of rotatable bonds is 4. The van der Waals surface area contributed by atoms with Gasteiger partial charge >= 0.3 is 0 Å². The molecule has 116 valence electrons. The van der Waals surface area contributed by atoms with Crippen LogP contribution in [0.15, 0.2) is 23.9 Å². The van der Waals surface area contributed by atoms with Gasteiger partial charge in [0.25, 0.3) is 0 Å². The Kier molecular flexibility index (Phi) is 4.09. The first-order valence-corrected chi connectivity index (χ1v) is 7.63. The zero-order valence-electron chi connectivity index (χ0n) is 12.5. The maximum absolute atomic E-state index is 11.9. The number of hydrogen-bond donors (Lipinski definition) is 1. The number of carbonyl (C=O) groups excluding carboxylic acids is 2. The summed E-state index contributed by atoms with van der Waals surface area (Å²) in [6.07, 6.45) is 6.15. The van der Waals surface area contributed by atoms with Crippen LogP contribution in [0.3, 0.4) is 0 Å². The molecule has 22 heavy (non-hydrogen) atoms. The van der Waals surface area contributed by atoms with Gasteiger partial charge in [-0.05, 0) is 31.1 Å². The smallest absolute Gasteiger partial charge is 0.246 e. The first-order valence-electron chi connectivity index (χ1n) is 7.63. The summed E-state index contributed by atoms with van der Waals surface area (Å²) in [5.74, 6) is -0.198. The van der Waals surface area contributed by atoms with Gasteiger partial charge in [-0.25, -0.2) is 0 Å². The monoisotopic (exact) mass is 300 g/mol. The lowest BCUT2D eigenvalue weighted by atomic mass is 10.1. The quantitative estimate of drug-likeness (QED) is 0.891. The maximum Gasteiger partial charge on any atom is 0.246 e. The summed E-state index contributed by atoms with van der Waals surface area (Å²) in [6, 6.07) is 3.86. The molecular formula is C16H20N4O2. The molecule has 2 N–H and O–H groups in total. The summed E-state index contributed by atoms with van der Waals surface area (Å²) in [6.45, 7) is 2.63. The Balaban J connectivity index is 1.74. The molecule has 2 amide bonds. The van der Waals surface area contributed by atoms with Crippen molar-refractivity contribution in [2.75, 3.05) is 31.1 Å². The van der Waals surface area contributed by atoms with Gasteiger partial charge in [-0.1, -0.05) is 0 Å². The highest BCUT2D eigenvalue weighted by atomic mass is 16.2. The number of likely N-dealkylation sites (tertiary alicyclic amines) is 1. The van der Waals surface area contributed by atoms with Crippen LogP contribution in [0.1, 0.15) is 25.0 Å². The van der Waals surface area contributed by atoms with E-state index in [2.05, 4.69) is 9.88 Å². The molecule has 0 aliphatic carbocycles. The van der Waals surface area contributed by atoms with Crippen LogP contribution in [-0.4, -0.2) is 47.9 Å². The maximum atomic E-state index is 11.9. The highest BCUT2D eigenvalue weighted by Crippen LogP contribution is 2.26. The van der Waals surface area contributed by atoms with Crippen molar-refractivity contribution < 1.29 is 9.59 Å². The van der Waals surface area contributed by atoms with Gasteiger partial charge in [0.2, 0.25) is 11.8 Å². The van der Waals surface area contributed by atoms with E-state index in [1.54, 1.807) is 12.3 Å². The lowest BCUT2D eigenvalue weighted by molar-refractivity contribution is -0.133. The number of pyridine rings is 1. The third kappa shape index (κ3) is 2.95. The largest absolute Gasteiger partial charge is 0.366 e.